The van der Waals surface area contributed by atoms with Crippen LogP contribution in [0, 0.1) is 0 Å². The first-order chi connectivity index (χ1) is 28.3. The third kappa shape index (κ3) is 11.8. The van der Waals surface area contributed by atoms with Gasteiger partial charge in [-0.3, -0.25) is 4.79 Å². The lowest BCUT2D eigenvalue weighted by molar-refractivity contribution is -0.134. The van der Waals surface area contributed by atoms with Gasteiger partial charge in [-0.25, -0.2) is 9.59 Å². The molecule has 0 saturated carbocycles. The molecule has 0 N–H and O–H groups in total. The molecule has 0 aliphatic heterocycles. The summed E-state index contributed by atoms with van der Waals surface area (Å²) >= 11 is 0. The van der Waals surface area contributed by atoms with E-state index in [0.717, 1.165) is 78.9 Å². The van der Waals surface area contributed by atoms with E-state index in [1.165, 1.54) is 22.3 Å². The van der Waals surface area contributed by atoms with Crippen LogP contribution in [0.1, 0.15) is 46.7 Å². The number of nitrogens with zero attached hydrogens (tertiary/aromatic N) is 1. The number of anilines is 3. The fourth-order valence-corrected chi connectivity index (χ4v) is 6.44. The SMILES string of the molecule is C=CC(=O)Oc1ccc(CCc2ccc(N(c3ccc(CCc4ccc(OC(=O)C=C)cc4)cc3)c3ccc(CCc4ccc(OC(=O)CC)cc4)cc3)cc2)cc1. The molecule has 0 aliphatic rings. The maximum absolute atomic E-state index is 11.6. The number of hydrogen-bond donors (Lipinski definition) is 0. The summed E-state index contributed by atoms with van der Waals surface area (Å²) in [4.78, 5) is 37.0. The first-order valence-corrected chi connectivity index (χ1v) is 19.5. The van der Waals surface area contributed by atoms with Crippen LogP contribution in [0.4, 0.5) is 17.1 Å². The highest BCUT2D eigenvalue weighted by Gasteiger charge is 2.14. The molecule has 292 valence electrons. The van der Waals surface area contributed by atoms with Crippen molar-refractivity contribution in [1.29, 1.82) is 0 Å². The van der Waals surface area contributed by atoms with Crippen LogP contribution in [0.5, 0.6) is 17.2 Å². The number of ether oxygens (including phenoxy) is 3. The van der Waals surface area contributed by atoms with Gasteiger partial charge in [-0.2, -0.15) is 0 Å². The van der Waals surface area contributed by atoms with E-state index in [1.54, 1.807) is 6.92 Å². The van der Waals surface area contributed by atoms with Crippen LogP contribution in [0.25, 0.3) is 0 Å². The molecular formula is C51H47NO6. The topological polar surface area (TPSA) is 82.1 Å². The predicted octanol–water partition coefficient (Wildman–Crippen LogP) is 11.0. The first kappa shape index (κ1) is 40.7. The van der Waals surface area contributed by atoms with Gasteiger partial charge >= 0.3 is 17.9 Å². The van der Waals surface area contributed by atoms with Gasteiger partial charge < -0.3 is 19.1 Å². The zero-order chi connectivity index (χ0) is 40.7. The molecule has 0 amide bonds. The molecule has 58 heavy (non-hydrogen) atoms. The molecule has 0 saturated heterocycles. The van der Waals surface area contributed by atoms with E-state index in [0.29, 0.717) is 23.7 Å². The summed E-state index contributed by atoms with van der Waals surface area (Å²) in [5.41, 5.74) is 10.3. The quantitative estimate of drug-likeness (QED) is 0.0489. The lowest BCUT2D eigenvalue weighted by Gasteiger charge is -2.26. The highest BCUT2D eigenvalue weighted by molar-refractivity contribution is 5.84. The van der Waals surface area contributed by atoms with E-state index in [2.05, 4.69) is 90.9 Å². The summed E-state index contributed by atoms with van der Waals surface area (Å²) in [7, 11) is 0. The van der Waals surface area contributed by atoms with Crippen molar-refractivity contribution < 1.29 is 28.6 Å². The number of hydrogen-bond acceptors (Lipinski definition) is 7. The Morgan fingerprint density at radius 3 is 0.897 bits per heavy atom. The summed E-state index contributed by atoms with van der Waals surface area (Å²) in [5, 5.41) is 0. The number of benzene rings is 6. The van der Waals surface area contributed by atoms with Crippen LogP contribution in [0.3, 0.4) is 0 Å². The van der Waals surface area contributed by atoms with Crippen molar-refractivity contribution in [1.82, 2.24) is 0 Å². The standard InChI is InChI=1S/C51H47NO6/c1-4-49(53)56-46-31-19-40(20-32-46)10-7-37-13-25-43(26-14-37)52(44-27-15-38(16-28-44)8-11-41-21-33-47(34-22-41)57-50(54)5-2)45-29-17-39(18-30-45)9-12-42-23-35-48(36-24-42)58-51(55)6-3/h4-5,13-36H,1-2,6-12H2,3H3. The minimum atomic E-state index is -0.473. The fraction of sp³-hybridized carbons (Fsp3) is 0.157. The summed E-state index contributed by atoms with van der Waals surface area (Å²) < 4.78 is 15.7. The van der Waals surface area contributed by atoms with Gasteiger partial charge in [-0.1, -0.05) is 92.9 Å². The van der Waals surface area contributed by atoms with Crippen LogP contribution in [-0.2, 0) is 52.9 Å². The van der Waals surface area contributed by atoms with Crippen molar-refractivity contribution in [3.63, 3.8) is 0 Å². The molecule has 0 fully saturated rings. The summed E-state index contributed by atoms with van der Waals surface area (Å²) in [6.07, 6.45) is 7.83. The van der Waals surface area contributed by atoms with E-state index in [1.807, 2.05) is 72.8 Å². The van der Waals surface area contributed by atoms with Crippen LogP contribution in [0.15, 0.2) is 171 Å². The molecule has 0 radical (unpaired) electrons. The van der Waals surface area contributed by atoms with Gasteiger partial charge in [-0.05, 0) is 145 Å². The normalized spacial score (nSPS) is 10.6. The van der Waals surface area contributed by atoms with Gasteiger partial charge in [0.05, 0.1) is 0 Å². The van der Waals surface area contributed by atoms with Crippen molar-refractivity contribution in [3.05, 3.63) is 204 Å². The average molecular weight is 770 g/mol. The molecule has 6 aromatic rings. The van der Waals surface area contributed by atoms with Crippen molar-refractivity contribution >= 4 is 35.0 Å². The van der Waals surface area contributed by atoms with Gasteiger partial charge in [-0.15, -0.1) is 0 Å². The largest absolute Gasteiger partial charge is 0.427 e. The van der Waals surface area contributed by atoms with Gasteiger partial charge in [0.15, 0.2) is 0 Å². The lowest BCUT2D eigenvalue weighted by atomic mass is 10.0. The van der Waals surface area contributed by atoms with Gasteiger partial charge in [0.2, 0.25) is 0 Å². The lowest BCUT2D eigenvalue weighted by Crippen LogP contribution is -2.10. The molecule has 6 rings (SSSR count). The summed E-state index contributed by atoms with van der Waals surface area (Å²) in [6.45, 7) is 8.68. The molecule has 7 nitrogen and oxygen atoms in total. The number of aryl methyl sites for hydroxylation is 6. The van der Waals surface area contributed by atoms with Crippen molar-refractivity contribution in [3.8, 4) is 17.2 Å². The monoisotopic (exact) mass is 769 g/mol. The third-order valence-corrected chi connectivity index (χ3v) is 9.75. The number of rotatable bonds is 18. The van der Waals surface area contributed by atoms with Crippen molar-refractivity contribution in [2.75, 3.05) is 4.90 Å². The van der Waals surface area contributed by atoms with Crippen molar-refractivity contribution in [2.45, 2.75) is 51.9 Å². The molecule has 6 aromatic carbocycles. The highest BCUT2D eigenvalue weighted by atomic mass is 16.5. The Balaban J connectivity index is 1.15. The molecule has 0 bridgehead atoms. The molecule has 0 aromatic heterocycles. The van der Waals surface area contributed by atoms with E-state index < -0.39 is 11.9 Å². The van der Waals surface area contributed by atoms with Crippen LogP contribution in [-0.4, -0.2) is 17.9 Å². The minimum absolute atomic E-state index is 0.239. The van der Waals surface area contributed by atoms with E-state index >= 15 is 0 Å². The Kier molecular flexibility index (Phi) is 14.2. The molecular weight excluding hydrogens is 723 g/mol. The third-order valence-electron chi connectivity index (χ3n) is 9.75. The van der Waals surface area contributed by atoms with Crippen molar-refractivity contribution in [2.24, 2.45) is 0 Å². The van der Waals surface area contributed by atoms with E-state index in [9.17, 15) is 14.4 Å². The van der Waals surface area contributed by atoms with Gasteiger partial charge in [0.1, 0.15) is 17.2 Å². The first-order valence-electron chi connectivity index (χ1n) is 19.5. The zero-order valence-electron chi connectivity index (χ0n) is 32.8. The smallest absolute Gasteiger partial charge is 0.335 e. The van der Waals surface area contributed by atoms with Crippen LogP contribution < -0.4 is 19.1 Å². The summed E-state index contributed by atoms with van der Waals surface area (Å²) in [6, 6.07) is 49.1. The number of carbonyl (C=O) groups is 3. The Morgan fingerprint density at radius 1 is 0.414 bits per heavy atom. The van der Waals surface area contributed by atoms with Crippen LogP contribution in [0.2, 0.25) is 0 Å². The van der Waals surface area contributed by atoms with E-state index in [-0.39, 0.29) is 5.97 Å². The molecule has 0 unspecified atom stereocenters. The molecule has 0 spiro atoms. The Bertz CT molecular complexity index is 2180. The molecule has 0 atom stereocenters. The second-order valence-corrected chi connectivity index (χ2v) is 13.8. The van der Waals surface area contributed by atoms with Crippen LogP contribution >= 0.6 is 0 Å². The number of esters is 3. The molecule has 7 heteroatoms. The maximum atomic E-state index is 11.6. The average Bonchev–Trinajstić information content (AvgIpc) is 3.27. The highest BCUT2D eigenvalue weighted by Crippen LogP contribution is 2.35. The fourth-order valence-electron chi connectivity index (χ4n) is 6.44. The Hall–Kier alpha value is -6.99. The Labute approximate surface area is 340 Å². The molecule has 0 aliphatic carbocycles. The second kappa shape index (κ2) is 20.3. The predicted molar refractivity (Wildman–Crippen MR) is 230 cm³/mol. The zero-order valence-corrected chi connectivity index (χ0v) is 32.8. The summed E-state index contributed by atoms with van der Waals surface area (Å²) in [5.74, 6) is 0.390. The Morgan fingerprint density at radius 2 is 0.655 bits per heavy atom. The van der Waals surface area contributed by atoms with Gasteiger partial charge in [0.25, 0.3) is 0 Å². The van der Waals surface area contributed by atoms with Gasteiger partial charge in [0, 0.05) is 35.6 Å². The maximum Gasteiger partial charge on any atom is 0.335 e. The van der Waals surface area contributed by atoms with E-state index in [4.69, 9.17) is 14.2 Å². The number of carbonyl (C=O) groups excluding carboxylic acids is 3. The second-order valence-electron chi connectivity index (χ2n) is 13.8. The minimum Gasteiger partial charge on any atom is -0.427 e. The molecule has 0 heterocycles.